The average molecular weight is 457 g/mol. The van der Waals surface area contributed by atoms with Crippen molar-refractivity contribution in [3.8, 4) is 22.3 Å². The minimum Gasteiger partial charge on any atom is -0.364 e. The molecule has 0 bridgehead atoms. The molecule has 2 aromatic heterocycles. The lowest BCUT2D eigenvalue weighted by atomic mass is 9.92. The molecule has 0 spiro atoms. The first-order chi connectivity index (χ1) is 17.3. The first-order valence-electron chi connectivity index (χ1n) is 12.4. The number of anilines is 1. The molecule has 0 saturated carbocycles. The molecule has 0 radical (unpaired) electrons. The number of fused-ring (bicyclic) bond motifs is 1. The molecule has 4 heteroatoms. The lowest BCUT2D eigenvalue weighted by molar-refractivity contribution is 0.742. The van der Waals surface area contributed by atoms with Crippen LogP contribution in [0.2, 0.25) is 0 Å². The van der Waals surface area contributed by atoms with Crippen LogP contribution < -0.4 is 5.32 Å². The molecule has 172 valence electrons. The molecule has 0 aliphatic heterocycles. The number of rotatable bonds is 6. The van der Waals surface area contributed by atoms with Gasteiger partial charge in [0.25, 0.3) is 0 Å². The molecule has 0 unspecified atom stereocenters. The van der Waals surface area contributed by atoms with Crippen LogP contribution >= 0.6 is 0 Å². The second-order valence-electron chi connectivity index (χ2n) is 9.15. The van der Waals surface area contributed by atoms with Crippen LogP contribution in [0.15, 0.2) is 97.3 Å². The van der Waals surface area contributed by atoms with Crippen molar-refractivity contribution < 1.29 is 0 Å². The van der Waals surface area contributed by atoms with Gasteiger partial charge in [0.15, 0.2) is 5.82 Å². The molecule has 2 N–H and O–H groups in total. The minimum absolute atomic E-state index is 0.690. The molecule has 0 atom stereocenters. The van der Waals surface area contributed by atoms with E-state index in [1.165, 1.54) is 53.5 Å². The lowest BCUT2D eigenvalue weighted by Gasteiger charge is -2.14. The summed E-state index contributed by atoms with van der Waals surface area (Å²) in [5, 5.41) is 12.5. The third kappa shape index (κ3) is 4.47. The molecule has 4 nitrogen and oxygen atoms in total. The number of hydrogen-bond acceptors (Lipinski definition) is 3. The van der Waals surface area contributed by atoms with Gasteiger partial charge in [0, 0.05) is 18.9 Å². The van der Waals surface area contributed by atoms with Crippen molar-refractivity contribution >= 4 is 22.3 Å². The zero-order valence-electron chi connectivity index (χ0n) is 19.7. The Kier molecular flexibility index (Phi) is 5.85. The van der Waals surface area contributed by atoms with Gasteiger partial charge in [-0.05, 0) is 82.8 Å². The van der Waals surface area contributed by atoms with Crippen LogP contribution in [0, 0.1) is 0 Å². The third-order valence-corrected chi connectivity index (χ3v) is 6.83. The van der Waals surface area contributed by atoms with Crippen molar-refractivity contribution in [2.75, 3.05) is 5.32 Å². The smallest absolute Gasteiger partial charge is 0.156 e. The standard InChI is InChI=1S/C31H28N4/c1-2-8-23(9-3-1)24-14-16-25(17-15-24)28-12-5-13-29-30(28)31(35-34-29)33-20-22-7-4-10-26(19-22)27-11-6-18-32-21-27/h4-8,10-19,21H,1-3,9,20H2,(H2,33,34,35). The molecule has 1 aliphatic carbocycles. The van der Waals surface area contributed by atoms with Crippen LogP contribution in [-0.4, -0.2) is 15.2 Å². The van der Waals surface area contributed by atoms with E-state index in [4.69, 9.17) is 0 Å². The summed E-state index contributed by atoms with van der Waals surface area (Å²) in [6.45, 7) is 0.690. The summed E-state index contributed by atoms with van der Waals surface area (Å²) in [5.74, 6) is 0.876. The Labute approximate surface area is 205 Å². The minimum atomic E-state index is 0.690. The van der Waals surface area contributed by atoms with Gasteiger partial charge in [-0.1, -0.05) is 66.7 Å². The van der Waals surface area contributed by atoms with Crippen molar-refractivity contribution in [3.63, 3.8) is 0 Å². The Bertz CT molecular complexity index is 1480. The number of nitrogens with zero attached hydrogens (tertiary/aromatic N) is 2. The molecule has 1 aliphatic rings. The number of hydrogen-bond donors (Lipinski definition) is 2. The predicted molar refractivity (Wildman–Crippen MR) is 145 cm³/mol. The Morgan fingerprint density at radius 3 is 2.49 bits per heavy atom. The molecule has 3 aromatic carbocycles. The van der Waals surface area contributed by atoms with Crippen molar-refractivity contribution in [2.45, 2.75) is 32.2 Å². The average Bonchev–Trinajstić information content (AvgIpc) is 3.36. The highest BCUT2D eigenvalue weighted by Crippen LogP contribution is 2.34. The van der Waals surface area contributed by atoms with Gasteiger partial charge in [0.05, 0.1) is 10.9 Å². The second-order valence-corrected chi connectivity index (χ2v) is 9.15. The first-order valence-corrected chi connectivity index (χ1v) is 12.4. The molecule has 0 fully saturated rings. The SMILES string of the molecule is C1=C(c2ccc(-c3cccc4[nH]nc(NCc5cccc(-c6cccnc6)c5)c34)cc2)CCCC1. The van der Waals surface area contributed by atoms with Gasteiger partial charge in [-0.15, -0.1) is 0 Å². The summed E-state index contributed by atoms with van der Waals surface area (Å²) in [5.41, 5.74) is 9.75. The number of pyridine rings is 1. The topological polar surface area (TPSA) is 53.6 Å². The highest BCUT2D eigenvalue weighted by molar-refractivity contribution is 6.02. The van der Waals surface area contributed by atoms with E-state index in [-0.39, 0.29) is 0 Å². The van der Waals surface area contributed by atoms with Gasteiger partial charge in [-0.25, -0.2) is 0 Å². The zero-order valence-corrected chi connectivity index (χ0v) is 19.7. The van der Waals surface area contributed by atoms with E-state index < -0.39 is 0 Å². The van der Waals surface area contributed by atoms with E-state index in [0.29, 0.717) is 6.54 Å². The fourth-order valence-corrected chi connectivity index (χ4v) is 4.99. The van der Waals surface area contributed by atoms with Crippen molar-refractivity contribution in [1.29, 1.82) is 0 Å². The summed E-state index contributed by atoms with van der Waals surface area (Å²) in [4.78, 5) is 4.25. The summed E-state index contributed by atoms with van der Waals surface area (Å²) >= 11 is 0. The summed E-state index contributed by atoms with van der Waals surface area (Å²) in [6, 6.07) is 28.0. The molecule has 6 rings (SSSR count). The molecule has 2 heterocycles. The van der Waals surface area contributed by atoms with E-state index in [0.717, 1.165) is 27.8 Å². The van der Waals surface area contributed by atoms with Crippen LogP contribution in [0.4, 0.5) is 5.82 Å². The largest absolute Gasteiger partial charge is 0.364 e. The Morgan fingerprint density at radius 2 is 1.66 bits per heavy atom. The van der Waals surface area contributed by atoms with Crippen LogP contribution in [0.25, 0.3) is 38.7 Å². The van der Waals surface area contributed by atoms with Gasteiger partial charge >= 0.3 is 0 Å². The van der Waals surface area contributed by atoms with E-state index in [1.54, 1.807) is 6.20 Å². The van der Waals surface area contributed by atoms with Gasteiger partial charge in [0.1, 0.15) is 0 Å². The van der Waals surface area contributed by atoms with Crippen LogP contribution in [0.3, 0.4) is 0 Å². The maximum Gasteiger partial charge on any atom is 0.156 e. The highest BCUT2D eigenvalue weighted by atomic mass is 15.2. The second kappa shape index (κ2) is 9.59. The van der Waals surface area contributed by atoms with Gasteiger partial charge in [0.2, 0.25) is 0 Å². The predicted octanol–water partition coefficient (Wildman–Crippen LogP) is 7.86. The number of aromatic amines is 1. The van der Waals surface area contributed by atoms with Crippen molar-refractivity contribution in [1.82, 2.24) is 15.2 Å². The number of allylic oxidation sites excluding steroid dienone is 2. The van der Waals surface area contributed by atoms with E-state index >= 15 is 0 Å². The van der Waals surface area contributed by atoms with Gasteiger partial charge in [-0.2, -0.15) is 5.10 Å². The third-order valence-electron chi connectivity index (χ3n) is 6.83. The van der Waals surface area contributed by atoms with Crippen LogP contribution in [0.5, 0.6) is 0 Å². The first kappa shape index (κ1) is 21.4. The number of nitrogens with one attached hydrogen (secondary N) is 2. The molecule has 5 aromatic rings. The lowest BCUT2D eigenvalue weighted by Crippen LogP contribution is -2.00. The van der Waals surface area contributed by atoms with E-state index in [2.05, 4.69) is 99.4 Å². The maximum atomic E-state index is 4.61. The molecular formula is C31H28N4. The molecule has 0 saturated heterocycles. The van der Waals surface area contributed by atoms with Crippen LogP contribution in [-0.2, 0) is 6.54 Å². The highest BCUT2D eigenvalue weighted by Gasteiger charge is 2.13. The monoisotopic (exact) mass is 456 g/mol. The Balaban J connectivity index is 1.27. The van der Waals surface area contributed by atoms with Crippen molar-refractivity contribution in [3.05, 3.63) is 108 Å². The Morgan fingerprint density at radius 1 is 0.800 bits per heavy atom. The number of benzene rings is 3. The van der Waals surface area contributed by atoms with Gasteiger partial charge in [-0.3, -0.25) is 10.1 Å². The van der Waals surface area contributed by atoms with E-state index in [9.17, 15) is 0 Å². The number of H-pyrrole nitrogens is 1. The zero-order chi connectivity index (χ0) is 23.5. The molecule has 35 heavy (non-hydrogen) atoms. The van der Waals surface area contributed by atoms with Gasteiger partial charge < -0.3 is 5.32 Å². The van der Waals surface area contributed by atoms with Crippen molar-refractivity contribution in [2.24, 2.45) is 0 Å². The quantitative estimate of drug-likeness (QED) is 0.273. The maximum absolute atomic E-state index is 4.61. The summed E-state index contributed by atoms with van der Waals surface area (Å²) < 4.78 is 0. The summed E-state index contributed by atoms with van der Waals surface area (Å²) in [7, 11) is 0. The Hall–Kier alpha value is -4.18. The normalized spacial score (nSPS) is 13.5. The fraction of sp³-hybridized carbons (Fsp3) is 0.161. The molecule has 0 amide bonds. The van der Waals surface area contributed by atoms with E-state index in [1.807, 2.05) is 12.3 Å². The fourth-order valence-electron chi connectivity index (χ4n) is 4.99. The van der Waals surface area contributed by atoms with Crippen LogP contribution in [0.1, 0.15) is 36.8 Å². The molecular weight excluding hydrogens is 428 g/mol. The summed E-state index contributed by atoms with van der Waals surface area (Å²) in [6.07, 6.45) is 11.1. The number of aromatic nitrogens is 3.